The SMILES string of the molecule is CCCNC(c1cncc(F)c1)c1cnn(CC)c1. The number of halogens is 1. The smallest absolute Gasteiger partial charge is 0.141 e. The molecule has 0 radical (unpaired) electrons. The van der Waals surface area contributed by atoms with Crippen LogP contribution in [0.3, 0.4) is 0 Å². The van der Waals surface area contributed by atoms with Gasteiger partial charge in [0.25, 0.3) is 0 Å². The van der Waals surface area contributed by atoms with Crippen LogP contribution in [0.5, 0.6) is 0 Å². The lowest BCUT2D eigenvalue weighted by Crippen LogP contribution is -2.23. The van der Waals surface area contributed by atoms with Crippen molar-refractivity contribution in [2.24, 2.45) is 0 Å². The highest BCUT2D eigenvalue weighted by atomic mass is 19.1. The molecule has 0 aliphatic rings. The van der Waals surface area contributed by atoms with Gasteiger partial charge >= 0.3 is 0 Å². The molecule has 1 N–H and O–H groups in total. The molecule has 0 saturated carbocycles. The minimum absolute atomic E-state index is 0.0663. The number of nitrogens with zero attached hydrogens (tertiary/aromatic N) is 3. The van der Waals surface area contributed by atoms with Crippen LogP contribution in [0.15, 0.2) is 30.9 Å². The molecule has 2 rings (SSSR count). The van der Waals surface area contributed by atoms with Crippen LogP contribution in [0.1, 0.15) is 37.4 Å². The molecule has 0 aromatic carbocycles. The molecule has 102 valence electrons. The molecular formula is C14H19FN4. The number of nitrogens with one attached hydrogen (secondary N) is 1. The van der Waals surface area contributed by atoms with Gasteiger partial charge in [-0.2, -0.15) is 5.10 Å². The molecular weight excluding hydrogens is 243 g/mol. The minimum Gasteiger partial charge on any atom is -0.306 e. The summed E-state index contributed by atoms with van der Waals surface area (Å²) in [5, 5.41) is 7.68. The second-order valence-electron chi connectivity index (χ2n) is 4.45. The van der Waals surface area contributed by atoms with E-state index in [4.69, 9.17) is 0 Å². The van der Waals surface area contributed by atoms with E-state index < -0.39 is 0 Å². The van der Waals surface area contributed by atoms with Gasteiger partial charge in [0.15, 0.2) is 0 Å². The van der Waals surface area contributed by atoms with Gasteiger partial charge in [0.2, 0.25) is 0 Å². The molecule has 0 saturated heterocycles. The summed E-state index contributed by atoms with van der Waals surface area (Å²) in [7, 11) is 0. The first-order valence-corrected chi connectivity index (χ1v) is 6.60. The summed E-state index contributed by atoms with van der Waals surface area (Å²) >= 11 is 0. The van der Waals surface area contributed by atoms with Crippen molar-refractivity contribution in [1.29, 1.82) is 0 Å². The van der Waals surface area contributed by atoms with Crippen molar-refractivity contribution in [3.63, 3.8) is 0 Å². The number of rotatable bonds is 6. The van der Waals surface area contributed by atoms with Crippen molar-refractivity contribution in [2.45, 2.75) is 32.9 Å². The third kappa shape index (κ3) is 3.38. The van der Waals surface area contributed by atoms with Crippen LogP contribution in [0.25, 0.3) is 0 Å². The number of aromatic nitrogens is 3. The highest BCUT2D eigenvalue weighted by Crippen LogP contribution is 2.21. The predicted octanol–water partition coefficient (Wildman–Crippen LogP) is 2.53. The molecule has 0 fully saturated rings. The van der Waals surface area contributed by atoms with Gasteiger partial charge < -0.3 is 5.32 Å². The zero-order chi connectivity index (χ0) is 13.7. The summed E-state index contributed by atoms with van der Waals surface area (Å²) in [6, 6.07) is 1.45. The van der Waals surface area contributed by atoms with Crippen LogP contribution in [-0.2, 0) is 6.54 Å². The second kappa shape index (κ2) is 6.43. The lowest BCUT2D eigenvalue weighted by atomic mass is 10.0. The Kier molecular flexibility index (Phi) is 4.63. The average Bonchev–Trinajstić information content (AvgIpc) is 2.88. The highest BCUT2D eigenvalue weighted by Gasteiger charge is 2.16. The number of aryl methyl sites for hydroxylation is 1. The lowest BCUT2D eigenvalue weighted by molar-refractivity contribution is 0.579. The standard InChI is InChI=1S/C14H19FN4/c1-3-5-17-14(11-6-13(15)9-16-7-11)12-8-18-19(4-2)10-12/h6-10,14,17H,3-5H2,1-2H3. The van der Waals surface area contributed by atoms with Gasteiger partial charge in [-0.05, 0) is 31.5 Å². The molecule has 5 heteroatoms. The zero-order valence-corrected chi connectivity index (χ0v) is 11.3. The monoisotopic (exact) mass is 262 g/mol. The topological polar surface area (TPSA) is 42.7 Å². The van der Waals surface area contributed by atoms with Crippen LogP contribution in [0.4, 0.5) is 4.39 Å². The molecule has 0 bridgehead atoms. The summed E-state index contributed by atoms with van der Waals surface area (Å²) in [5.74, 6) is -0.316. The third-order valence-electron chi connectivity index (χ3n) is 2.97. The Morgan fingerprint density at radius 1 is 1.26 bits per heavy atom. The predicted molar refractivity (Wildman–Crippen MR) is 72.2 cm³/mol. The molecule has 2 heterocycles. The maximum Gasteiger partial charge on any atom is 0.141 e. The Morgan fingerprint density at radius 3 is 2.74 bits per heavy atom. The van der Waals surface area contributed by atoms with E-state index in [9.17, 15) is 4.39 Å². The summed E-state index contributed by atoms with van der Waals surface area (Å²) < 4.78 is 15.2. The quantitative estimate of drug-likeness (QED) is 0.870. The summed E-state index contributed by atoms with van der Waals surface area (Å²) in [5.41, 5.74) is 1.85. The van der Waals surface area contributed by atoms with Gasteiger partial charge in [-0.25, -0.2) is 4.39 Å². The summed E-state index contributed by atoms with van der Waals surface area (Å²) in [4.78, 5) is 3.92. The molecule has 2 aromatic heterocycles. The Balaban J connectivity index is 2.29. The van der Waals surface area contributed by atoms with Crippen LogP contribution in [0.2, 0.25) is 0 Å². The van der Waals surface area contributed by atoms with Crippen molar-refractivity contribution in [3.05, 3.63) is 47.8 Å². The molecule has 2 aromatic rings. The molecule has 19 heavy (non-hydrogen) atoms. The van der Waals surface area contributed by atoms with E-state index in [0.717, 1.165) is 30.6 Å². The van der Waals surface area contributed by atoms with Crippen molar-refractivity contribution in [3.8, 4) is 0 Å². The van der Waals surface area contributed by atoms with Crippen LogP contribution < -0.4 is 5.32 Å². The van der Waals surface area contributed by atoms with Crippen LogP contribution in [0, 0.1) is 5.82 Å². The van der Waals surface area contributed by atoms with Gasteiger partial charge in [0.05, 0.1) is 18.4 Å². The van der Waals surface area contributed by atoms with Crippen LogP contribution >= 0.6 is 0 Å². The third-order valence-corrected chi connectivity index (χ3v) is 2.97. The number of hydrogen-bond donors (Lipinski definition) is 1. The Morgan fingerprint density at radius 2 is 2.11 bits per heavy atom. The molecule has 0 amide bonds. The maximum absolute atomic E-state index is 13.3. The molecule has 1 atom stereocenters. The first kappa shape index (κ1) is 13.7. The zero-order valence-electron chi connectivity index (χ0n) is 11.3. The molecule has 1 unspecified atom stereocenters. The first-order chi connectivity index (χ1) is 9.24. The molecule has 4 nitrogen and oxygen atoms in total. The average molecular weight is 262 g/mol. The second-order valence-corrected chi connectivity index (χ2v) is 4.45. The maximum atomic E-state index is 13.3. The van der Waals surface area contributed by atoms with Gasteiger partial charge in [-0.3, -0.25) is 9.67 Å². The van der Waals surface area contributed by atoms with Crippen molar-refractivity contribution in [2.75, 3.05) is 6.54 Å². The Bertz CT molecular complexity index is 524. The van der Waals surface area contributed by atoms with E-state index in [1.165, 1.54) is 12.3 Å². The van der Waals surface area contributed by atoms with E-state index in [1.54, 1.807) is 6.20 Å². The minimum atomic E-state index is -0.316. The van der Waals surface area contributed by atoms with E-state index in [1.807, 2.05) is 24.0 Å². The van der Waals surface area contributed by atoms with Gasteiger partial charge in [-0.15, -0.1) is 0 Å². The van der Waals surface area contributed by atoms with Crippen molar-refractivity contribution in [1.82, 2.24) is 20.1 Å². The van der Waals surface area contributed by atoms with Gasteiger partial charge in [0, 0.05) is 24.5 Å². The van der Waals surface area contributed by atoms with E-state index in [0.29, 0.717) is 0 Å². The van der Waals surface area contributed by atoms with E-state index in [-0.39, 0.29) is 11.9 Å². The van der Waals surface area contributed by atoms with E-state index >= 15 is 0 Å². The molecule has 0 aliphatic carbocycles. The summed E-state index contributed by atoms with van der Waals surface area (Å²) in [6.45, 7) is 5.82. The highest BCUT2D eigenvalue weighted by molar-refractivity contribution is 5.27. The Labute approximate surface area is 112 Å². The molecule has 0 aliphatic heterocycles. The largest absolute Gasteiger partial charge is 0.306 e. The van der Waals surface area contributed by atoms with Crippen molar-refractivity contribution < 1.29 is 4.39 Å². The lowest BCUT2D eigenvalue weighted by Gasteiger charge is -2.17. The summed E-state index contributed by atoms with van der Waals surface area (Å²) in [6.07, 6.45) is 7.73. The molecule has 0 spiro atoms. The normalized spacial score (nSPS) is 12.6. The Hall–Kier alpha value is -1.75. The van der Waals surface area contributed by atoms with Gasteiger partial charge in [0.1, 0.15) is 5.82 Å². The number of hydrogen-bond acceptors (Lipinski definition) is 3. The fraction of sp³-hybridized carbons (Fsp3) is 0.429. The van der Waals surface area contributed by atoms with Crippen LogP contribution in [-0.4, -0.2) is 21.3 Å². The number of pyridine rings is 1. The van der Waals surface area contributed by atoms with E-state index in [2.05, 4.69) is 22.3 Å². The van der Waals surface area contributed by atoms with Gasteiger partial charge in [-0.1, -0.05) is 6.92 Å². The van der Waals surface area contributed by atoms with Crippen molar-refractivity contribution >= 4 is 0 Å². The first-order valence-electron chi connectivity index (χ1n) is 6.60. The fourth-order valence-corrected chi connectivity index (χ4v) is 2.00. The fourth-order valence-electron chi connectivity index (χ4n) is 2.00.